The molecule has 1 aromatic heterocycles. The summed E-state index contributed by atoms with van der Waals surface area (Å²) in [5.41, 5.74) is 4.01. The number of rotatable bonds is 4. The van der Waals surface area contributed by atoms with E-state index in [-0.39, 0.29) is 5.91 Å². The summed E-state index contributed by atoms with van der Waals surface area (Å²) in [7, 11) is 0. The predicted molar refractivity (Wildman–Crippen MR) is 106 cm³/mol. The van der Waals surface area contributed by atoms with Gasteiger partial charge in [-0.1, -0.05) is 66.7 Å². The molecule has 5 heteroatoms. The van der Waals surface area contributed by atoms with Crippen molar-refractivity contribution in [1.29, 1.82) is 0 Å². The number of aryl methyl sites for hydroxylation is 1. The van der Waals surface area contributed by atoms with Crippen LogP contribution in [0.5, 0.6) is 0 Å². The Morgan fingerprint density at radius 2 is 1.44 bits per heavy atom. The monoisotopic (exact) mass is 354 g/mol. The Kier molecular flexibility index (Phi) is 4.49. The highest BCUT2D eigenvalue weighted by Gasteiger charge is 2.17. The number of nitrogens with one attached hydrogen (secondary N) is 1. The van der Waals surface area contributed by atoms with Gasteiger partial charge >= 0.3 is 0 Å². The molecule has 0 aliphatic rings. The first-order valence-electron chi connectivity index (χ1n) is 8.67. The lowest BCUT2D eigenvalue weighted by atomic mass is 10.1. The van der Waals surface area contributed by atoms with E-state index in [1.807, 2.05) is 79.7 Å². The Morgan fingerprint density at radius 3 is 2.15 bits per heavy atom. The molecule has 0 atom stereocenters. The van der Waals surface area contributed by atoms with Crippen LogP contribution in [0.3, 0.4) is 0 Å². The molecule has 4 aromatic rings. The number of nitrogens with zero attached hydrogens (tertiary/aromatic N) is 3. The zero-order valence-corrected chi connectivity index (χ0v) is 14.8. The lowest BCUT2D eigenvalue weighted by Crippen LogP contribution is -2.13. The molecule has 5 nitrogen and oxygen atoms in total. The maximum Gasteiger partial charge on any atom is 0.256 e. The van der Waals surface area contributed by atoms with E-state index >= 15 is 0 Å². The number of benzene rings is 3. The summed E-state index contributed by atoms with van der Waals surface area (Å²) >= 11 is 0. The lowest BCUT2D eigenvalue weighted by molar-refractivity contribution is 0.102. The molecule has 0 saturated heterocycles. The minimum absolute atomic E-state index is 0.218. The van der Waals surface area contributed by atoms with Crippen molar-refractivity contribution in [2.75, 3.05) is 5.32 Å². The number of carbonyl (C=O) groups is 1. The normalized spacial score (nSPS) is 10.6. The smallest absolute Gasteiger partial charge is 0.256 e. The van der Waals surface area contributed by atoms with Crippen LogP contribution in [0.2, 0.25) is 0 Å². The standard InChI is InChI=1S/C22H18N4O/c1-16-10-8-9-15-19(16)26-24-20(17-11-4-2-5-12-17)21(25-26)23-22(27)18-13-6-3-7-14-18/h2-15H,1H3,(H,23,25,27). The van der Waals surface area contributed by atoms with E-state index in [0.29, 0.717) is 17.1 Å². The maximum atomic E-state index is 12.6. The number of carbonyl (C=O) groups excluding carboxylic acids is 1. The van der Waals surface area contributed by atoms with E-state index in [1.54, 1.807) is 16.9 Å². The molecule has 0 saturated carbocycles. The topological polar surface area (TPSA) is 59.8 Å². The predicted octanol–water partition coefficient (Wildman–Crippen LogP) is 4.50. The van der Waals surface area contributed by atoms with Gasteiger partial charge in [-0.2, -0.15) is 0 Å². The van der Waals surface area contributed by atoms with Gasteiger partial charge in [0.2, 0.25) is 0 Å². The first-order chi connectivity index (χ1) is 13.2. The molecular weight excluding hydrogens is 336 g/mol. The van der Waals surface area contributed by atoms with E-state index in [9.17, 15) is 4.79 Å². The molecule has 0 aliphatic carbocycles. The first kappa shape index (κ1) is 16.7. The summed E-state index contributed by atoms with van der Waals surface area (Å²) in [5, 5.41) is 12.1. The van der Waals surface area contributed by atoms with Gasteiger partial charge in [-0.3, -0.25) is 4.79 Å². The highest BCUT2D eigenvalue weighted by atomic mass is 16.1. The van der Waals surface area contributed by atoms with Gasteiger partial charge < -0.3 is 5.32 Å². The van der Waals surface area contributed by atoms with Crippen LogP contribution < -0.4 is 5.32 Å². The minimum atomic E-state index is -0.218. The fourth-order valence-corrected chi connectivity index (χ4v) is 2.85. The Hall–Kier alpha value is -3.73. The molecule has 3 aromatic carbocycles. The molecule has 1 heterocycles. The highest BCUT2D eigenvalue weighted by Crippen LogP contribution is 2.26. The van der Waals surface area contributed by atoms with Crippen LogP contribution in [0, 0.1) is 6.92 Å². The molecule has 0 spiro atoms. The second kappa shape index (κ2) is 7.25. The average molecular weight is 354 g/mol. The molecule has 4 rings (SSSR count). The van der Waals surface area contributed by atoms with Crippen molar-refractivity contribution in [3.8, 4) is 16.9 Å². The van der Waals surface area contributed by atoms with Crippen molar-refractivity contribution in [2.24, 2.45) is 0 Å². The van der Waals surface area contributed by atoms with Crippen LogP contribution in [-0.2, 0) is 0 Å². The van der Waals surface area contributed by atoms with Crippen LogP contribution >= 0.6 is 0 Å². The third kappa shape index (κ3) is 3.48. The largest absolute Gasteiger partial charge is 0.303 e. The fraction of sp³-hybridized carbons (Fsp3) is 0.0455. The van der Waals surface area contributed by atoms with Gasteiger partial charge in [-0.25, -0.2) is 0 Å². The Morgan fingerprint density at radius 1 is 0.815 bits per heavy atom. The molecule has 1 amide bonds. The van der Waals surface area contributed by atoms with Crippen LogP contribution in [0.1, 0.15) is 15.9 Å². The summed E-state index contributed by atoms with van der Waals surface area (Å²) in [6, 6.07) is 26.6. The molecule has 0 unspecified atom stereocenters. The molecule has 132 valence electrons. The van der Waals surface area contributed by atoms with Crippen LogP contribution in [0.15, 0.2) is 84.9 Å². The number of hydrogen-bond donors (Lipinski definition) is 1. The average Bonchev–Trinajstić information content (AvgIpc) is 3.13. The van der Waals surface area contributed by atoms with Crippen LogP contribution in [0.4, 0.5) is 5.82 Å². The number of aromatic nitrogens is 3. The van der Waals surface area contributed by atoms with E-state index in [0.717, 1.165) is 16.8 Å². The first-order valence-corrected chi connectivity index (χ1v) is 8.67. The molecule has 27 heavy (non-hydrogen) atoms. The van der Waals surface area contributed by atoms with Crippen molar-refractivity contribution in [1.82, 2.24) is 15.0 Å². The van der Waals surface area contributed by atoms with Crippen molar-refractivity contribution in [3.05, 3.63) is 96.1 Å². The summed E-state index contributed by atoms with van der Waals surface area (Å²) in [6.07, 6.45) is 0. The second-order valence-electron chi connectivity index (χ2n) is 6.16. The Labute approximate surface area is 157 Å². The molecule has 0 fully saturated rings. The SMILES string of the molecule is Cc1ccccc1-n1nc(NC(=O)c2ccccc2)c(-c2ccccc2)n1. The molecule has 1 N–H and O–H groups in total. The van der Waals surface area contributed by atoms with Crippen molar-refractivity contribution in [3.63, 3.8) is 0 Å². The fourth-order valence-electron chi connectivity index (χ4n) is 2.85. The van der Waals surface area contributed by atoms with E-state index in [4.69, 9.17) is 0 Å². The van der Waals surface area contributed by atoms with Crippen molar-refractivity contribution in [2.45, 2.75) is 6.92 Å². The van der Waals surface area contributed by atoms with Gasteiger partial charge in [0.1, 0.15) is 5.69 Å². The lowest BCUT2D eigenvalue weighted by Gasteiger charge is -2.04. The number of para-hydroxylation sites is 1. The van der Waals surface area contributed by atoms with E-state index < -0.39 is 0 Å². The number of anilines is 1. The summed E-state index contributed by atoms with van der Waals surface area (Å²) in [6.45, 7) is 2.00. The summed E-state index contributed by atoms with van der Waals surface area (Å²) < 4.78 is 0. The number of amides is 1. The van der Waals surface area contributed by atoms with Gasteiger partial charge in [0, 0.05) is 11.1 Å². The Balaban J connectivity index is 1.77. The molecule has 0 radical (unpaired) electrons. The van der Waals surface area contributed by atoms with Gasteiger partial charge in [-0.05, 0) is 30.7 Å². The summed E-state index contributed by atoms with van der Waals surface area (Å²) in [4.78, 5) is 14.2. The number of hydrogen-bond acceptors (Lipinski definition) is 3. The highest BCUT2D eigenvalue weighted by molar-refractivity contribution is 6.05. The maximum absolute atomic E-state index is 12.6. The third-order valence-electron chi connectivity index (χ3n) is 4.26. The second-order valence-corrected chi connectivity index (χ2v) is 6.16. The zero-order chi connectivity index (χ0) is 18.6. The van der Waals surface area contributed by atoms with Gasteiger partial charge in [-0.15, -0.1) is 15.0 Å². The van der Waals surface area contributed by atoms with E-state index in [2.05, 4.69) is 15.5 Å². The molecule has 0 aliphatic heterocycles. The molecular formula is C22H18N4O. The Bertz CT molecular complexity index is 1070. The van der Waals surface area contributed by atoms with Gasteiger partial charge in [0.15, 0.2) is 5.82 Å². The summed E-state index contributed by atoms with van der Waals surface area (Å²) in [5.74, 6) is 0.211. The quantitative estimate of drug-likeness (QED) is 0.587. The van der Waals surface area contributed by atoms with Gasteiger partial charge in [0.05, 0.1) is 5.69 Å². The zero-order valence-electron chi connectivity index (χ0n) is 14.8. The minimum Gasteiger partial charge on any atom is -0.303 e. The van der Waals surface area contributed by atoms with Crippen LogP contribution in [-0.4, -0.2) is 20.9 Å². The molecule has 0 bridgehead atoms. The van der Waals surface area contributed by atoms with Crippen molar-refractivity contribution < 1.29 is 4.79 Å². The van der Waals surface area contributed by atoms with E-state index in [1.165, 1.54) is 0 Å². The third-order valence-corrected chi connectivity index (χ3v) is 4.26. The van der Waals surface area contributed by atoms with Crippen LogP contribution in [0.25, 0.3) is 16.9 Å². The van der Waals surface area contributed by atoms with Crippen molar-refractivity contribution >= 4 is 11.7 Å². The van der Waals surface area contributed by atoms with Gasteiger partial charge in [0.25, 0.3) is 5.91 Å².